The summed E-state index contributed by atoms with van der Waals surface area (Å²) in [5.41, 5.74) is 1.83. The second-order valence-electron chi connectivity index (χ2n) is 4.59. The Labute approximate surface area is 136 Å². The van der Waals surface area contributed by atoms with E-state index >= 15 is 0 Å². The van der Waals surface area contributed by atoms with Crippen molar-refractivity contribution in [2.45, 2.75) is 6.61 Å². The van der Waals surface area contributed by atoms with E-state index in [2.05, 4.69) is 4.98 Å². The quantitative estimate of drug-likeness (QED) is 0.514. The van der Waals surface area contributed by atoms with E-state index in [0.717, 1.165) is 20.8 Å². The minimum Gasteiger partial charge on any atom is -0.458 e. The molecule has 0 aliphatic heterocycles. The first-order chi connectivity index (χ1) is 10.7. The lowest BCUT2D eigenvalue weighted by molar-refractivity contribution is -0.138. The number of benzene rings is 2. The number of carbonyl (C=O) groups excluding carboxylic acids is 1. The van der Waals surface area contributed by atoms with Crippen LogP contribution in [0.2, 0.25) is 5.02 Å². The number of ether oxygens (including phenoxy) is 1. The highest BCUT2D eigenvalue weighted by atomic mass is 35.5. The SMILES string of the molecule is O=C(/C=C/c1nc2ccccc2s1)OCc1ccc(Cl)cc1. The predicted molar refractivity (Wildman–Crippen MR) is 89.9 cm³/mol. The molecule has 2 aromatic carbocycles. The number of rotatable bonds is 4. The molecule has 3 nitrogen and oxygen atoms in total. The van der Waals surface area contributed by atoms with E-state index in [1.165, 1.54) is 17.4 Å². The monoisotopic (exact) mass is 329 g/mol. The molecule has 0 spiro atoms. The van der Waals surface area contributed by atoms with Gasteiger partial charge in [0.25, 0.3) is 0 Å². The van der Waals surface area contributed by atoms with Gasteiger partial charge in [-0.2, -0.15) is 0 Å². The minimum atomic E-state index is -0.394. The highest BCUT2D eigenvalue weighted by molar-refractivity contribution is 7.19. The Balaban J connectivity index is 1.59. The lowest BCUT2D eigenvalue weighted by atomic mass is 10.2. The van der Waals surface area contributed by atoms with Crippen molar-refractivity contribution in [1.82, 2.24) is 4.98 Å². The first kappa shape index (κ1) is 14.8. The van der Waals surface area contributed by atoms with Crippen molar-refractivity contribution < 1.29 is 9.53 Å². The summed E-state index contributed by atoms with van der Waals surface area (Å²) in [6, 6.07) is 15.0. The molecule has 5 heteroatoms. The van der Waals surface area contributed by atoms with Gasteiger partial charge in [-0.05, 0) is 35.9 Å². The van der Waals surface area contributed by atoms with Crippen LogP contribution >= 0.6 is 22.9 Å². The first-order valence-corrected chi connectivity index (χ1v) is 7.85. The Bertz CT molecular complexity index is 791. The Morgan fingerprint density at radius 1 is 1.18 bits per heavy atom. The summed E-state index contributed by atoms with van der Waals surface area (Å²) in [6.45, 7) is 0.222. The number of para-hydroxylation sites is 1. The van der Waals surface area contributed by atoms with Crippen molar-refractivity contribution in [1.29, 1.82) is 0 Å². The number of halogens is 1. The number of thiazole rings is 1. The fraction of sp³-hybridized carbons (Fsp3) is 0.0588. The largest absolute Gasteiger partial charge is 0.458 e. The zero-order chi connectivity index (χ0) is 15.4. The van der Waals surface area contributed by atoms with Gasteiger partial charge in [-0.15, -0.1) is 11.3 Å². The maximum atomic E-state index is 11.7. The van der Waals surface area contributed by atoms with Crippen LogP contribution in [0.3, 0.4) is 0 Å². The van der Waals surface area contributed by atoms with Crippen LogP contribution in [0.4, 0.5) is 0 Å². The third-order valence-electron chi connectivity index (χ3n) is 2.97. The number of nitrogens with zero attached hydrogens (tertiary/aromatic N) is 1. The second kappa shape index (κ2) is 6.73. The first-order valence-electron chi connectivity index (χ1n) is 6.65. The van der Waals surface area contributed by atoms with Crippen LogP contribution in [0.1, 0.15) is 10.6 Å². The number of hydrogen-bond acceptors (Lipinski definition) is 4. The van der Waals surface area contributed by atoms with Crippen molar-refractivity contribution >= 4 is 45.2 Å². The molecule has 0 bridgehead atoms. The molecule has 110 valence electrons. The number of carbonyl (C=O) groups is 1. The molecule has 0 fully saturated rings. The maximum Gasteiger partial charge on any atom is 0.331 e. The summed E-state index contributed by atoms with van der Waals surface area (Å²) in [4.78, 5) is 16.1. The van der Waals surface area contributed by atoms with Crippen LogP contribution in [0.5, 0.6) is 0 Å². The van der Waals surface area contributed by atoms with Gasteiger partial charge in [-0.1, -0.05) is 35.9 Å². The topological polar surface area (TPSA) is 39.2 Å². The molecule has 1 heterocycles. The van der Waals surface area contributed by atoms with Gasteiger partial charge < -0.3 is 4.74 Å². The molecule has 1 aromatic heterocycles. The van der Waals surface area contributed by atoms with Gasteiger partial charge in [0, 0.05) is 11.1 Å². The van der Waals surface area contributed by atoms with E-state index in [-0.39, 0.29) is 6.61 Å². The molecule has 0 aliphatic rings. The van der Waals surface area contributed by atoms with Crippen LogP contribution in [-0.2, 0) is 16.1 Å². The van der Waals surface area contributed by atoms with Crippen molar-refractivity contribution in [2.75, 3.05) is 0 Å². The lowest BCUT2D eigenvalue weighted by Gasteiger charge is -2.01. The summed E-state index contributed by atoms with van der Waals surface area (Å²) in [7, 11) is 0. The summed E-state index contributed by atoms with van der Waals surface area (Å²) in [5, 5.41) is 1.44. The van der Waals surface area contributed by atoms with Crippen LogP contribution in [0.25, 0.3) is 16.3 Å². The maximum absolute atomic E-state index is 11.7. The highest BCUT2D eigenvalue weighted by Crippen LogP contribution is 2.22. The van der Waals surface area contributed by atoms with Gasteiger partial charge in [0.2, 0.25) is 0 Å². The Hall–Kier alpha value is -2.17. The van der Waals surface area contributed by atoms with Gasteiger partial charge in [0.05, 0.1) is 10.2 Å². The van der Waals surface area contributed by atoms with E-state index in [1.54, 1.807) is 18.2 Å². The van der Waals surface area contributed by atoms with Crippen LogP contribution in [0.15, 0.2) is 54.6 Å². The van der Waals surface area contributed by atoms with E-state index in [9.17, 15) is 4.79 Å². The molecule has 0 atom stereocenters. The summed E-state index contributed by atoms with van der Waals surface area (Å²) in [6.07, 6.45) is 3.07. The summed E-state index contributed by atoms with van der Waals surface area (Å²) in [5.74, 6) is -0.394. The van der Waals surface area contributed by atoms with Crippen molar-refractivity contribution in [3.8, 4) is 0 Å². The van der Waals surface area contributed by atoms with E-state index in [4.69, 9.17) is 16.3 Å². The van der Waals surface area contributed by atoms with E-state index in [0.29, 0.717) is 5.02 Å². The van der Waals surface area contributed by atoms with Crippen LogP contribution in [-0.4, -0.2) is 11.0 Å². The highest BCUT2D eigenvalue weighted by Gasteiger charge is 2.02. The van der Waals surface area contributed by atoms with Gasteiger partial charge >= 0.3 is 5.97 Å². The van der Waals surface area contributed by atoms with Gasteiger partial charge in [0.1, 0.15) is 11.6 Å². The molecular formula is C17H12ClNO2S. The molecule has 0 radical (unpaired) electrons. The summed E-state index contributed by atoms with van der Waals surface area (Å²) < 4.78 is 6.27. The Kier molecular flexibility index (Phi) is 4.51. The molecule has 22 heavy (non-hydrogen) atoms. The number of fused-ring (bicyclic) bond motifs is 1. The second-order valence-corrected chi connectivity index (χ2v) is 6.09. The molecule has 0 unspecified atom stereocenters. The molecule has 0 aliphatic carbocycles. The minimum absolute atomic E-state index is 0.222. The molecule has 3 aromatic rings. The van der Waals surface area contributed by atoms with Crippen LogP contribution in [0, 0.1) is 0 Å². The molecule has 0 saturated heterocycles. The molecule has 0 amide bonds. The number of aromatic nitrogens is 1. The predicted octanol–water partition coefficient (Wildman–Crippen LogP) is 4.71. The number of esters is 1. The van der Waals surface area contributed by atoms with E-state index < -0.39 is 5.97 Å². The summed E-state index contributed by atoms with van der Waals surface area (Å²) >= 11 is 7.34. The third-order valence-corrected chi connectivity index (χ3v) is 4.22. The average molecular weight is 330 g/mol. The van der Waals surface area contributed by atoms with Gasteiger partial charge in [-0.25, -0.2) is 9.78 Å². The molecular weight excluding hydrogens is 318 g/mol. The van der Waals surface area contributed by atoms with Gasteiger partial charge in [0.15, 0.2) is 0 Å². The van der Waals surface area contributed by atoms with Crippen molar-refractivity contribution in [3.05, 3.63) is 70.2 Å². The number of hydrogen-bond donors (Lipinski definition) is 0. The van der Waals surface area contributed by atoms with Crippen LogP contribution < -0.4 is 0 Å². The average Bonchev–Trinajstić information content (AvgIpc) is 2.95. The third kappa shape index (κ3) is 3.72. The fourth-order valence-corrected chi connectivity index (χ4v) is 2.88. The normalized spacial score (nSPS) is 11.1. The molecule has 3 rings (SSSR count). The standard InChI is InChI=1S/C17H12ClNO2S/c18-13-7-5-12(6-8-13)11-21-17(20)10-9-16-19-14-3-1-2-4-15(14)22-16/h1-10H,11H2/b10-9+. The zero-order valence-electron chi connectivity index (χ0n) is 11.5. The van der Waals surface area contributed by atoms with Crippen molar-refractivity contribution in [3.63, 3.8) is 0 Å². The zero-order valence-corrected chi connectivity index (χ0v) is 13.1. The van der Waals surface area contributed by atoms with E-state index in [1.807, 2.05) is 36.4 Å². The van der Waals surface area contributed by atoms with Crippen molar-refractivity contribution in [2.24, 2.45) is 0 Å². The Morgan fingerprint density at radius 2 is 1.95 bits per heavy atom. The molecule has 0 N–H and O–H groups in total. The Morgan fingerprint density at radius 3 is 2.73 bits per heavy atom. The fourth-order valence-electron chi connectivity index (χ4n) is 1.88. The lowest BCUT2D eigenvalue weighted by Crippen LogP contribution is -2.00. The smallest absolute Gasteiger partial charge is 0.331 e. The molecule has 0 saturated carbocycles. The van der Waals surface area contributed by atoms with Gasteiger partial charge in [-0.3, -0.25) is 0 Å².